The Morgan fingerprint density at radius 2 is 1.85 bits per heavy atom. The van der Waals surface area contributed by atoms with Crippen molar-refractivity contribution in [2.75, 3.05) is 20.2 Å². The molecule has 1 saturated heterocycles. The molecule has 1 aliphatic rings. The second-order valence-electron chi connectivity index (χ2n) is 4.94. The van der Waals surface area contributed by atoms with Gasteiger partial charge in [-0.05, 0) is 37.5 Å². The monoisotopic (exact) mass is 297 g/mol. The maximum Gasteiger partial charge on any atom is 0.337 e. The van der Waals surface area contributed by atoms with Crippen molar-refractivity contribution in [1.82, 2.24) is 4.31 Å². The molecule has 20 heavy (non-hydrogen) atoms. The van der Waals surface area contributed by atoms with Gasteiger partial charge in [-0.3, -0.25) is 0 Å². The predicted octanol–water partition coefficient (Wildman–Crippen LogP) is 1.96. The van der Waals surface area contributed by atoms with E-state index < -0.39 is 16.0 Å². The lowest BCUT2D eigenvalue weighted by Crippen LogP contribution is -2.36. The first kappa shape index (κ1) is 15.0. The Balaban J connectivity index is 2.42. The Morgan fingerprint density at radius 3 is 2.45 bits per heavy atom. The minimum Gasteiger partial charge on any atom is -0.465 e. The normalized spacial score (nSPS) is 16.9. The van der Waals surface area contributed by atoms with E-state index in [1.807, 2.05) is 0 Å². The molecule has 110 valence electrons. The number of rotatable bonds is 3. The van der Waals surface area contributed by atoms with Crippen molar-refractivity contribution in [3.05, 3.63) is 29.3 Å². The fraction of sp³-hybridized carbons (Fsp3) is 0.500. The van der Waals surface area contributed by atoms with Crippen LogP contribution in [0.1, 0.15) is 35.2 Å². The molecule has 0 atom stereocenters. The van der Waals surface area contributed by atoms with E-state index >= 15 is 0 Å². The fourth-order valence-electron chi connectivity index (χ4n) is 2.37. The summed E-state index contributed by atoms with van der Waals surface area (Å²) in [6, 6.07) is 4.63. The molecule has 6 heteroatoms. The van der Waals surface area contributed by atoms with Crippen molar-refractivity contribution in [2.24, 2.45) is 0 Å². The summed E-state index contributed by atoms with van der Waals surface area (Å²) in [6.45, 7) is 2.83. The number of aryl methyl sites for hydroxylation is 1. The zero-order chi connectivity index (χ0) is 14.8. The molecule has 0 radical (unpaired) electrons. The van der Waals surface area contributed by atoms with Crippen LogP contribution in [0.25, 0.3) is 0 Å². The molecule has 0 N–H and O–H groups in total. The predicted molar refractivity (Wildman–Crippen MR) is 75.1 cm³/mol. The van der Waals surface area contributed by atoms with Crippen LogP contribution < -0.4 is 0 Å². The van der Waals surface area contributed by atoms with Crippen molar-refractivity contribution in [3.8, 4) is 0 Å². The molecule has 1 aromatic carbocycles. The molecule has 0 saturated carbocycles. The summed E-state index contributed by atoms with van der Waals surface area (Å²) in [6.07, 6.45) is 2.83. The molecule has 0 unspecified atom stereocenters. The number of sulfonamides is 1. The first-order valence-corrected chi connectivity index (χ1v) is 8.10. The number of piperidine rings is 1. The molecular weight excluding hydrogens is 278 g/mol. The molecule has 1 aliphatic heterocycles. The summed E-state index contributed by atoms with van der Waals surface area (Å²) in [4.78, 5) is 11.7. The molecule has 2 rings (SSSR count). The van der Waals surface area contributed by atoms with Gasteiger partial charge in [-0.25, -0.2) is 13.2 Å². The Hall–Kier alpha value is -1.40. The van der Waals surface area contributed by atoms with Gasteiger partial charge >= 0.3 is 5.97 Å². The molecule has 5 nitrogen and oxygen atoms in total. The standard InChI is InChI=1S/C14H19NO4S/c1-11-6-7-12(14(16)19-2)10-13(11)20(17,18)15-8-4-3-5-9-15/h6-7,10H,3-5,8-9H2,1-2H3. The van der Waals surface area contributed by atoms with Crippen molar-refractivity contribution in [3.63, 3.8) is 0 Å². The summed E-state index contributed by atoms with van der Waals surface area (Å²) in [5, 5.41) is 0. The minimum atomic E-state index is -3.53. The number of benzene rings is 1. The van der Waals surface area contributed by atoms with Gasteiger partial charge in [0, 0.05) is 13.1 Å². The second-order valence-corrected chi connectivity index (χ2v) is 6.84. The summed E-state index contributed by atoms with van der Waals surface area (Å²) >= 11 is 0. The molecular formula is C14H19NO4S. The van der Waals surface area contributed by atoms with Gasteiger partial charge in [0.1, 0.15) is 0 Å². The first-order valence-electron chi connectivity index (χ1n) is 6.66. The number of hydrogen-bond donors (Lipinski definition) is 0. The smallest absolute Gasteiger partial charge is 0.337 e. The topological polar surface area (TPSA) is 63.7 Å². The third kappa shape index (κ3) is 2.86. The van der Waals surface area contributed by atoms with E-state index in [0.29, 0.717) is 18.7 Å². The van der Waals surface area contributed by atoms with E-state index in [-0.39, 0.29) is 10.5 Å². The van der Waals surface area contributed by atoms with E-state index in [4.69, 9.17) is 0 Å². The van der Waals surface area contributed by atoms with E-state index in [0.717, 1.165) is 19.3 Å². The molecule has 0 aliphatic carbocycles. The quantitative estimate of drug-likeness (QED) is 0.800. The summed E-state index contributed by atoms with van der Waals surface area (Å²) in [5.41, 5.74) is 0.900. The van der Waals surface area contributed by atoms with Crippen LogP contribution in [0.5, 0.6) is 0 Å². The lowest BCUT2D eigenvalue weighted by molar-refractivity contribution is 0.0600. The number of esters is 1. The lowest BCUT2D eigenvalue weighted by atomic mass is 10.1. The molecule has 1 heterocycles. The average Bonchev–Trinajstić information content (AvgIpc) is 2.47. The van der Waals surface area contributed by atoms with Gasteiger partial charge in [0.15, 0.2) is 0 Å². The van der Waals surface area contributed by atoms with Gasteiger partial charge in [0.05, 0.1) is 17.6 Å². The van der Waals surface area contributed by atoms with Crippen LogP contribution in [-0.2, 0) is 14.8 Å². The van der Waals surface area contributed by atoms with E-state index in [2.05, 4.69) is 4.74 Å². The summed E-state index contributed by atoms with van der Waals surface area (Å²) < 4.78 is 31.4. The van der Waals surface area contributed by atoms with Gasteiger partial charge in [-0.2, -0.15) is 4.31 Å². The molecule has 0 amide bonds. The fourth-order valence-corrected chi connectivity index (χ4v) is 4.14. The van der Waals surface area contributed by atoms with Crippen LogP contribution in [0.3, 0.4) is 0 Å². The highest BCUT2D eigenvalue weighted by Gasteiger charge is 2.28. The zero-order valence-electron chi connectivity index (χ0n) is 11.8. The van der Waals surface area contributed by atoms with E-state index in [1.54, 1.807) is 19.1 Å². The van der Waals surface area contributed by atoms with Gasteiger partial charge in [0.25, 0.3) is 0 Å². The Kier molecular flexibility index (Phi) is 4.45. The third-order valence-electron chi connectivity index (χ3n) is 3.54. The summed E-state index contributed by atoms with van der Waals surface area (Å²) in [5.74, 6) is -0.528. The van der Waals surface area contributed by atoms with Gasteiger partial charge in [-0.1, -0.05) is 12.5 Å². The third-order valence-corrected chi connectivity index (χ3v) is 5.58. The Labute approximate surface area is 119 Å². The van der Waals surface area contributed by atoms with Gasteiger partial charge < -0.3 is 4.74 Å². The first-order chi connectivity index (χ1) is 9.46. The zero-order valence-corrected chi connectivity index (χ0v) is 12.6. The SMILES string of the molecule is COC(=O)c1ccc(C)c(S(=O)(=O)N2CCCCC2)c1. The lowest BCUT2D eigenvalue weighted by Gasteiger charge is -2.26. The van der Waals surface area contributed by atoms with Gasteiger partial charge in [-0.15, -0.1) is 0 Å². The van der Waals surface area contributed by atoms with E-state index in [1.165, 1.54) is 17.5 Å². The highest BCUT2D eigenvalue weighted by atomic mass is 32.2. The molecule has 0 aromatic heterocycles. The Morgan fingerprint density at radius 1 is 1.20 bits per heavy atom. The van der Waals surface area contributed by atoms with Crippen LogP contribution in [-0.4, -0.2) is 38.9 Å². The molecule has 1 fully saturated rings. The molecule has 0 bridgehead atoms. The second kappa shape index (κ2) is 5.93. The van der Waals surface area contributed by atoms with Crippen LogP contribution in [0.2, 0.25) is 0 Å². The average molecular weight is 297 g/mol. The number of methoxy groups -OCH3 is 1. The van der Waals surface area contributed by atoms with Crippen molar-refractivity contribution in [2.45, 2.75) is 31.1 Å². The number of nitrogens with zero attached hydrogens (tertiary/aromatic N) is 1. The van der Waals surface area contributed by atoms with E-state index in [9.17, 15) is 13.2 Å². The number of carbonyl (C=O) groups excluding carboxylic acids is 1. The molecule has 1 aromatic rings. The highest BCUT2D eigenvalue weighted by molar-refractivity contribution is 7.89. The van der Waals surface area contributed by atoms with Crippen molar-refractivity contribution >= 4 is 16.0 Å². The number of ether oxygens (including phenoxy) is 1. The minimum absolute atomic E-state index is 0.197. The largest absolute Gasteiger partial charge is 0.465 e. The van der Waals surface area contributed by atoms with Crippen LogP contribution in [0.4, 0.5) is 0 Å². The van der Waals surface area contributed by atoms with Crippen molar-refractivity contribution in [1.29, 1.82) is 0 Å². The van der Waals surface area contributed by atoms with Crippen LogP contribution in [0.15, 0.2) is 23.1 Å². The van der Waals surface area contributed by atoms with Crippen molar-refractivity contribution < 1.29 is 17.9 Å². The maximum absolute atomic E-state index is 12.6. The molecule has 0 spiro atoms. The number of hydrogen-bond acceptors (Lipinski definition) is 4. The number of carbonyl (C=O) groups is 1. The maximum atomic E-state index is 12.6. The highest BCUT2D eigenvalue weighted by Crippen LogP contribution is 2.24. The Bertz CT molecular complexity index is 604. The van der Waals surface area contributed by atoms with Crippen LogP contribution in [0, 0.1) is 6.92 Å². The summed E-state index contributed by atoms with van der Waals surface area (Å²) in [7, 11) is -2.25. The van der Waals surface area contributed by atoms with Gasteiger partial charge in [0.2, 0.25) is 10.0 Å². The van der Waals surface area contributed by atoms with Crippen LogP contribution >= 0.6 is 0 Å².